The molecule has 1 fully saturated rings. The second-order valence-corrected chi connectivity index (χ2v) is 4.72. The molecule has 0 aromatic heterocycles. The minimum atomic E-state index is -0.263. The topological polar surface area (TPSA) is 72.6 Å². The summed E-state index contributed by atoms with van der Waals surface area (Å²) in [7, 11) is 0. The van der Waals surface area contributed by atoms with Crippen molar-refractivity contribution in [1.29, 1.82) is 0 Å². The maximum atomic E-state index is 12.0. The van der Waals surface area contributed by atoms with Crippen molar-refractivity contribution in [2.75, 3.05) is 18.1 Å². The van der Waals surface area contributed by atoms with Crippen molar-refractivity contribution in [2.24, 2.45) is 17.6 Å². The molecule has 0 bridgehead atoms. The maximum absolute atomic E-state index is 12.0. The molecule has 1 saturated heterocycles. The molecule has 2 rings (SSSR count). The van der Waals surface area contributed by atoms with Gasteiger partial charge in [0.2, 0.25) is 11.8 Å². The number of amides is 2. The SMILES string of the molecule is CC1C(=O)N(c2ccc(OCCN)cc2)C(=O)C1C. The van der Waals surface area contributed by atoms with Crippen LogP contribution in [0.5, 0.6) is 5.75 Å². The van der Waals surface area contributed by atoms with Crippen LogP contribution in [0.25, 0.3) is 0 Å². The van der Waals surface area contributed by atoms with Crippen molar-refractivity contribution < 1.29 is 14.3 Å². The molecule has 1 heterocycles. The number of hydrogen-bond acceptors (Lipinski definition) is 4. The van der Waals surface area contributed by atoms with Crippen LogP contribution in [0.3, 0.4) is 0 Å². The molecule has 2 amide bonds. The first kappa shape index (κ1) is 13.5. The minimum Gasteiger partial charge on any atom is -0.492 e. The fourth-order valence-electron chi connectivity index (χ4n) is 2.07. The smallest absolute Gasteiger partial charge is 0.237 e. The minimum absolute atomic E-state index is 0.145. The molecule has 0 spiro atoms. The van der Waals surface area contributed by atoms with Crippen LogP contribution in [0.2, 0.25) is 0 Å². The fourth-order valence-corrected chi connectivity index (χ4v) is 2.07. The highest BCUT2D eigenvalue weighted by atomic mass is 16.5. The van der Waals surface area contributed by atoms with Gasteiger partial charge >= 0.3 is 0 Å². The van der Waals surface area contributed by atoms with Gasteiger partial charge in [0.05, 0.1) is 5.69 Å². The van der Waals surface area contributed by atoms with Crippen LogP contribution in [0.4, 0.5) is 5.69 Å². The second-order valence-electron chi connectivity index (χ2n) is 4.72. The molecule has 2 atom stereocenters. The average Bonchev–Trinajstić information content (AvgIpc) is 2.62. The molecule has 2 N–H and O–H groups in total. The summed E-state index contributed by atoms with van der Waals surface area (Å²) in [6.07, 6.45) is 0. The molecular weight excluding hydrogens is 244 g/mol. The zero-order chi connectivity index (χ0) is 14.0. The van der Waals surface area contributed by atoms with E-state index in [9.17, 15) is 9.59 Å². The van der Waals surface area contributed by atoms with Crippen LogP contribution >= 0.6 is 0 Å². The first-order valence-electron chi connectivity index (χ1n) is 6.37. The van der Waals surface area contributed by atoms with Crippen molar-refractivity contribution in [3.05, 3.63) is 24.3 Å². The fraction of sp³-hybridized carbons (Fsp3) is 0.429. The average molecular weight is 262 g/mol. The van der Waals surface area contributed by atoms with Crippen molar-refractivity contribution >= 4 is 17.5 Å². The Morgan fingerprint density at radius 2 is 1.63 bits per heavy atom. The van der Waals surface area contributed by atoms with Gasteiger partial charge in [-0.1, -0.05) is 13.8 Å². The highest BCUT2D eigenvalue weighted by molar-refractivity contribution is 6.21. The second kappa shape index (κ2) is 5.40. The van der Waals surface area contributed by atoms with Crippen LogP contribution in [0.1, 0.15) is 13.8 Å². The van der Waals surface area contributed by atoms with Gasteiger partial charge in [-0.05, 0) is 24.3 Å². The van der Waals surface area contributed by atoms with Crippen molar-refractivity contribution in [3.63, 3.8) is 0 Å². The van der Waals surface area contributed by atoms with E-state index < -0.39 is 0 Å². The van der Waals surface area contributed by atoms with E-state index in [0.717, 1.165) is 0 Å². The predicted molar refractivity (Wildman–Crippen MR) is 71.8 cm³/mol. The first-order chi connectivity index (χ1) is 9.06. The number of rotatable bonds is 4. The summed E-state index contributed by atoms with van der Waals surface area (Å²) in [5.74, 6) is -0.142. The molecule has 1 aliphatic heterocycles. The van der Waals surface area contributed by atoms with Gasteiger partial charge in [-0.3, -0.25) is 14.5 Å². The molecule has 5 nitrogen and oxygen atoms in total. The molecular formula is C14H18N2O3. The van der Waals surface area contributed by atoms with E-state index in [4.69, 9.17) is 10.5 Å². The molecule has 2 unspecified atom stereocenters. The van der Waals surface area contributed by atoms with E-state index in [1.54, 1.807) is 38.1 Å². The Labute approximate surface area is 112 Å². The summed E-state index contributed by atoms with van der Waals surface area (Å²) >= 11 is 0. The van der Waals surface area contributed by atoms with Crippen molar-refractivity contribution in [2.45, 2.75) is 13.8 Å². The summed E-state index contributed by atoms with van der Waals surface area (Å²) in [5.41, 5.74) is 5.94. The van der Waals surface area contributed by atoms with Gasteiger partial charge < -0.3 is 10.5 Å². The van der Waals surface area contributed by atoms with Crippen LogP contribution in [0, 0.1) is 11.8 Å². The van der Waals surface area contributed by atoms with Gasteiger partial charge in [0, 0.05) is 18.4 Å². The van der Waals surface area contributed by atoms with E-state index in [1.165, 1.54) is 4.90 Å². The van der Waals surface area contributed by atoms with Crippen molar-refractivity contribution in [1.82, 2.24) is 0 Å². The molecule has 5 heteroatoms. The third-order valence-corrected chi connectivity index (χ3v) is 3.45. The first-order valence-corrected chi connectivity index (χ1v) is 6.37. The zero-order valence-electron chi connectivity index (χ0n) is 11.1. The lowest BCUT2D eigenvalue weighted by Gasteiger charge is -2.15. The number of benzene rings is 1. The van der Waals surface area contributed by atoms with E-state index in [0.29, 0.717) is 24.6 Å². The Hall–Kier alpha value is -1.88. The van der Waals surface area contributed by atoms with E-state index in [-0.39, 0.29) is 23.7 Å². The van der Waals surface area contributed by atoms with Crippen LogP contribution in [-0.4, -0.2) is 25.0 Å². The Kier molecular flexibility index (Phi) is 3.85. The monoisotopic (exact) mass is 262 g/mol. The number of hydrogen-bond donors (Lipinski definition) is 1. The summed E-state index contributed by atoms with van der Waals surface area (Å²) < 4.78 is 5.36. The maximum Gasteiger partial charge on any atom is 0.237 e. The molecule has 1 aromatic rings. The Morgan fingerprint density at radius 1 is 1.11 bits per heavy atom. The third-order valence-electron chi connectivity index (χ3n) is 3.45. The lowest BCUT2D eigenvalue weighted by Crippen LogP contribution is -2.30. The molecule has 0 saturated carbocycles. The summed E-state index contributed by atoms with van der Waals surface area (Å²) in [6.45, 7) is 4.45. The van der Waals surface area contributed by atoms with Gasteiger partial charge in [-0.25, -0.2) is 0 Å². The zero-order valence-corrected chi connectivity index (χ0v) is 11.1. The lowest BCUT2D eigenvalue weighted by atomic mass is 10.00. The Balaban J connectivity index is 2.18. The number of anilines is 1. The molecule has 1 aromatic carbocycles. The largest absolute Gasteiger partial charge is 0.492 e. The number of ether oxygens (including phenoxy) is 1. The summed E-state index contributed by atoms with van der Waals surface area (Å²) in [6, 6.07) is 6.90. The normalized spacial score (nSPS) is 23.0. The number of carbonyl (C=O) groups excluding carboxylic acids is 2. The molecule has 0 radical (unpaired) electrons. The van der Waals surface area contributed by atoms with Gasteiger partial charge in [0.25, 0.3) is 0 Å². The number of nitrogens with zero attached hydrogens (tertiary/aromatic N) is 1. The molecule has 19 heavy (non-hydrogen) atoms. The van der Waals surface area contributed by atoms with Crippen molar-refractivity contribution in [3.8, 4) is 5.75 Å². The molecule has 102 valence electrons. The van der Waals surface area contributed by atoms with Gasteiger partial charge in [-0.15, -0.1) is 0 Å². The molecule has 0 aliphatic carbocycles. The standard InChI is InChI=1S/C14H18N2O3/c1-9-10(2)14(18)16(13(9)17)11-3-5-12(6-4-11)19-8-7-15/h3-6,9-10H,7-8,15H2,1-2H3. The van der Waals surface area contributed by atoms with Gasteiger partial charge in [0.15, 0.2) is 0 Å². The number of nitrogens with two attached hydrogens (primary N) is 1. The van der Waals surface area contributed by atoms with Crippen LogP contribution in [0.15, 0.2) is 24.3 Å². The Bertz CT molecular complexity index is 464. The predicted octanol–water partition coefficient (Wildman–Crippen LogP) is 1.17. The lowest BCUT2D eigenvalue weighted by molar-refractivity contribution is -0.122. The number of imide groups is 1. The molecule has 1 aliphatic rings. The van der Waals surface area contributed by atoms with E-state index in [2.05, 4.69) is 0 Å². The quantitative estimate of drug-likeness (QED) is 0.827. The van der Waals surface area contributed by atoms with E-state index in [1.807, 2.05) is 0 Å². The highest BCUT2D eigenvalue weighted by Gasteiger charge is 2.42. The van der Waals surface area contributed by atoms with Gasteiger partial charge in [-0.2, -0.15) is 0 Å². The Morgan fingerprint density at radius 3 is 2.11 bits per heavy atom. The summed E-state index contributed by atoms with van der Waals surface area (Å²) in [4.78, 5) is 25.3. The van der Waals surface area contributed by atoms with Gasteiger partial charge in [0.1, 0.15) is 12.4 Å². The summed E-state index contributed by atoms with van der Waals surface area (Å²) in [5, 5.41) is 0. The highest BCUT2D eigenvalue weighted by Crippen LogP contribution is 2.31. The van der Waals surface area contributed by atoms with E-state index >= 15 is 0 Å². The third kappa shape index (κ3) is 2.46. The van der Waals surface area contributed by atoms with Crippen LogP contribution < -0.4 is 15.4 Å². The number of carbonyl (C=O) groups is 2. The van der Waals surface area contributed by atoms with Crippen LogP contribution in [-0.2, 0) is 9.59 Å².